The molecule has 218 valence electrons. The lowest BCUT2D eigenvalue weighted by atomic mass is 10.0. The number of hydrogen-bond acceptors (Lipinski definition) is 7. The predicted molar refractivity (Wildman–Crippen MR) is 152 cm³/mol. The van der Waals surface area contributed by atoms with Gasteiger partial charge in [0.15, 0.2) is 9.84 Å². The molecule has 13 heteroatoms. The predicted octanol–water partition coefficient (Wildman–Crippen LogP) is 4.17. The molecule has 1 aliphatic carbocycles. The summed E-state index contributed by atoms with van der Waals surface area (Å²) in [7, 11) is -4.08. The van der Waals surface area contributed by atoms with Crippen molar-refractivity contribution in [1.29, 1.82) is 5.26 Å². The first-order valence-corrected chi connectivity index (χ1v) is 15.2. The summed E-state index contributed by atoms with van der Waals surface area (Å²) in [5, 5.41) is 14.0. The molecule has 0 aromatic heterocycles. The highest BCUT2D eigenvalue weighted by Gasteiger charge is 2.51. The number of carbonyl (C=O) groups is 3. The Kier molecular flexibility index (Phi) is 8.60. The van der Waals surface area contributed by atoms with Gasteiger partial charge in [-0.15, -0.1) is 0 Å². The average molecular weight is 622 g/mol. The van der Waals surface area contributed by atoms with Crippen molar-refractivity contribution in [2.24, 2.45) is 0 Å². The van der Waals surface area contributed by atoms with Gasteiger partial charge in [0.05, 0.1) is 21.2 Å². The molecule has 0 unspecified atom stereocenters. The Morgan fingerprint density at radius 2 is 1.73 bits per heavy atom. The van der Waals surface area contributed by atoms with E-state index in [1.54, 1.807) is 39.0 Å². The Morgan fingerprint density at radius 1 is 1.10 bits per heavy atom. The zero-order chi connectivity index (χ0) is 30.2. The summed E-state index contributed by atoms with van der Waals surface area (Å²) in [4.78, 5) is 41.4. The Morgan fingerprint density at radius 3 is 2.29 bits per heavy atom. The van der Waals surface area contributed by atoms with Crippen LogP contribution < -0.4 is 10.6 Å². The Bertz CT molecular complexity index is 1500. The molecule has 4 rings (SSSR count). The first-order chi connectivity index (χ1) is 19.2. The van der Waals surface area contributed by atoms with Crippen LogP contribution in [0, 0.1) is 11.3 Å². The number of hydrogen-bond donors (Lipinski definition) is 2. The zero-order valence-corrected chi connectivity index (χ0v) is 25.0. The number of amides is 3. The first-order valence-electron chi connectivity index (χ1n) is 12.9. The third-order valence-corrected chi connectivity index (χ3v) is 9.75. The van der Waals surface area contributed by atoms with Crippen LogP contribution in [0.15, 0.2) is 53.4 Å². The number of rotatable bonds is 7. The second-order valence-corrected chi connectivity index (χ2v) is 14.2. The van der Waals surface area contributed by atoms with Crippen LogP contribution in [-0.4, -0.2) is 60.2 Å². The number of nitrogens with one attached hydrogen (secondary N) is 2. The summed E-state index contributed by atoms with van der Waals surface area (Å²) in [6.45, 7) is 4.66. The topological polar surface area (TPSA) is 146 Å². The molecule has 2 aliphatic rings. The normalized spacial score (nSPS) is 20.4. The molecule has 1 saturated carbocycles. The van der Waals surface area contributed by atoms with E-state index in [0.29, 0.717) is 23.4 Å². The summed E-state index contributed by atoms with van der Waals surface area (Å²) >= 11 is 12.2. The van der Waals surface area contributed by atoms with Gasteiger partial charge in [-0.05, 0) is 69.9 Å². The van der Waals surface area contributed by atoms with E-state index in [2.05, 4.69) is 16.7 Å². The van der Waals surface area contributed by atoms with Crippen molar-refractivity contribution in [3.63, 3.8) is 0 Å². The Balaban J connectivity index is 1.71. The van der Waals surface area contributed by atoms with Gasteiger partial charge >= 0.3 is 6.09 Å². The quantitative estimate of drug-likeness (QED) is 0.472. The maximum Gasteiger partial charge on any atom is 0.408 e. The molecule has 2 N–H and O–H groups in total. The number of ether oxygens (including phenoxy) is 1. The van der Waals surface area contributed by atoms with Gasteiger partial charge in [0, 0.05) is 11.6 Å². The second-order valence-electron chi connectivity index (χ2n) is 11.2. The fourth-order valence-corrected chi connectivity index (χ4v) is 6.96. The largest absolute Gasteiger partial charge is 0.444 e. The van der Waals surface area contributed by atoms with Crippen LogP contribution in [0.25, 0.3) is 0 Å². The van der Waals surface area contributed by atoms with Gasteiger partial charge in [-0.3, -0.25) is 9.59 Å². The van der Waals surface area contributed by atoms with Crippen molar-refractivity contribution in [3.05, 3.63) is 64.1 Å². The summed E-state index contributed by atoms with van der Waals surface area (Å²) in [5.74, 6) is -1.38. The molecule has 0 bridgehead atoms. The molecule has 3 amide bonds. The van der Waals surface area contributed by atoms with E-state index in [0.717, 1.165) is 4.90 Å². The van der Waals surface area contributed by atoms with Gasteiger partial charge < -0.3 is 20.3 Å². The van der Waals surface area contributed by atoms with Crippen LogP contribution in [-0.2, 0) is 24.2 Å². The highest BCUT2D eigenvalue weighted by Crippen LogP contribution is 2.37. The lowest BCUT2D eigenvalue weighted by Gasteiger charge is -2.30. The Hall–Kier alpha value is -3.33. The zero-order valence-electron chi connectivity index (χ0n) is 22.7. The van der Waals surface area contributed by atoms with Crippen molar-refractivity contribution in [3.8, 4) is 6.07 Å². The molecular weight excluding hydrogens is 591 g/mol. The number of nitrogens with zero attached hydrogens (tertiary/aromatic N) is 2. The molecule has 1 aliphatic heterocycles. The van der Waals surface area contributed by atoms with Crippen LogP contribution in [0.1, 0.15) is 51.6 Å². The van der Waals surface area contributed by atoms with Crippen LogP contribution in [0.5, 0.6) is 0 Å². The second kappa shape index (κ2) is 11.5. The molecule has 0 radical (unpaired) electrons. The summed E-state index contributed by atoms with van der Waals surface area (Å²) < 4.78 is 32.7. The van der Waals surface area contributed by atoms with E-state index in [1.807, 2.05) is 0 Å². The molecule has 0 spiro atoms. The standard InChI is InChI=1S/C28H30Cl2N4O6S/c1-27(2,3)40-26(37)32-23(17-8-10-18(29)11-9-17)25(36)34-15-19(41(38,39)22-7-5-4-6-20(22)30)14-21(34)24(35)33-28(16-31)12-13-28/h4-11,19,21,23H,12-15H2,1-3H3,(H,32,37)(H,33,35)/t19-,21+,23-/m1/s1. The monoisotopic (exact) mass is 620 g/mol. The maximum atomic E-state index is 14.1. The minimum Gasteiger partial charge on any atom is -0.444 e. The molecule has 3 atom stereocenters. The van der Waals surface area contributed by atoms with Crippen molar-refractivity contribution in [2.75, 3.05) is 6.54 Å². The van der Waals surface area contributed by atoms with Gasteiger partial charge in [0.2, 0.25) is 5.91 Å². The summed E-state index contributed by atoms with van der Waals surface area (Å²) in [6, 6.07) is 11.6. The van der Waals surface area contributed by atoms with E-state index in [-0.39, 0.29) is 22.9 Å². The third kappa shape index (κ3) is 6.94. The van der Waals surface area contributed by atoms with E-state index < -0.39 is 56.2 Å². The summed E-state index contributed by atoms with van der Waals surface area (Å²) in [5.41, 5.74) is -1.56. The summed E-state index contributed by atoms with van der Waals surface area (Å²) in [6.07, 6.45) is -0.213. The van der Waals surface area contributed by atoms with Crippen LogP contribution >= 0.6 is 23.2 Å². The van der Waals surface area contributed by atoms with E-state index in [1.165, 1.54) is 30.3 Å². The lowest BCUT2D eigenvalue weighted by Crippen LogP contribution is -2.52. The van der Waals surface area contributed by atoms with Gasteiger partial charge in [0.25, 0.3) is 5.91 Å². The molecule has 10 nitrogen and oxygen atoms in total. The molecule has 2 fully saturated rings. The average Bonchev–Trinajstić information content (AvgIpc) is 3.51. The molecule has 41 heavy (non-hydrogen) atoms. The van der Waals surface area contributed by atoms with Gasteiger partial charge in [-0.2, -0.15) is 5.26 Å². The van der Waals surface area contributed by atoms with Crippen molar-refractivity contribution < 1.29 is 27.5 Å². The van der Waals surface area contributed by atoms with Crippen LogP contribution in [0.3, 0.4) is 0 Å². The smallest absolute Gasteiger partial charge is 0.408 e. The van der Waals surface area contributed by atoms with E-state index >= 15 is 0 Å². The SMILES string of the molecule is CC(C)(C)OC(=O)N[C@@H](C(=O)N1C[C@H](S(=O)(=O)c2ccccc2Cl)C[C@H]1C(=O)NC1(C#N)CC1)c1ccc(Cl)cc1. The highest BCUT2D eigenvalue weighted by molar-refractivity contribution is 7.92. The lowest BCUT2D eigenvalue weighted by molar-refractivity contribution is -0.140. The third-order valence-electron chi connectivity index (χ3n) is 6.87. The Labute approximate surface area is 248 Å². The van der Waals surface area contributed by atoms with Crippen LogP contribution in [0.4, 0.5) is 4.79 Å². The number of nitriles is 1. The van der Waals surface area contributed by atoms with Gasteiger partial charge in [0.1, 0.15) is 23.2 Å². The minimum absolute atomic E-state index is 0.0188. The fraction of sp³-hybridized carbons (Fsp3) is 0.429. The molecule has 2 aromatic rings. The molecule has 2 aromatic carbocycles. The molecule has 1 heterocycles. The fourth-order valence-electron chi connectivity index (χ4n) is 4.61. The highest BCUT2D eigenvalue weighted by atomic mass is 35.5. The van der Waals surface area contributed by atoms with Crippen molar-refractivity contribution >= 4 is 50.9 Å². The van der Waals surface area contributed by atoms with Crippen molar-refractivity contribution in [1.82, 2.24) is 15.5 Å². The number of alkyl carbamates (subject to hydrolysis) is 1. The number of carbonyl (C=O) groups excluding carboxylic acids is 3. The number of likely N-dealkylation sites (tertiary alicyclic amines) is 1. The van der Waals surface area contributed by atoms with E-state index in [4.69, 9.17) is 27.9 Å². The number of benzene rings is 2. The molecule has 1 saturated heterocycles. The van der Waals surface area contributed by atoms with E-state index in [9.17, 15) is 28.1 Å². The maximum absolute atomic E-state index is 14.1. The van der Waals surface area contributed by atoms with Gasteiger partial charge in [-0.25, -0.2) is 13.2 Å². The van der Waals surface area contributed by atoms with Crippen LogP contribution in [0.2, 0.25) is 10.0 Å². The molecular formula is C28H30Cl2N4O6S. The van der Waals surface area contributed by atoms with Gasteiger partial charge in [-0.1, -0.05) is 47.5 Å². The minimum atomic E-state index is -4.08. The first kappa shape index (κ1) is 30.6. The number of sulfone groups is 1. The van der Waals surface area contributed by atoms with Crippen molar-refractivity contribution in [2.45, 2.75) is 73.4 Å². The number of halogens is 2.